The SMILES string of the molecule is CN(C)S(=O)(=O)CCS(=O)(=O)Cl. The van der Waals surface area contributed by atoms with Gasteiger partial charge in [0.1, 0.15) is 0 Å². The maximum atomic E-state index is 11.0. The van der Waals surface area contributed by atoms with Crippen molar-refractivity contribution in [1.82, 2.24) is 4.31 Å². The zero-order chi connectivity index (χ0) is 9.99. The Morgan fingerprint density at radius 2 is 1.50 bits per heavy atom. The summed E-state index contributed by atoms with van der Waals surface area (Å²) in [6.07, 6.45) is 0. The molecule has 0 aromatic carbocycles. The van der Waals surface area contributed by atoms with E-state index in [0.717, 1.165) is 4.31 Å². The molecule has 0 saturated carbocycles. The molecule has 0 heterocycles. The second-order valence-electron chi connectivity index (χ2n) is 2.34. The third-order valence-corrected chi connectivity index (χ3v) is 4.39. The summed E-state index contributed by atoms with van der Waals surface area (Å²) in [5, 5.41) is 0. The molecule has 0 spiro atoms. The molecule has 0 radical (unpaired) electrons. The van der Waals surface area contributed by atoms with Crippen LogP contribution >= 0.6 is 10.7 Å². The highest BCUT2D eigenvalue weighted by atomic mass is 35.7. The molecule has 0 rings (SSSR count). The van der Waals surface area contributed by atoms with Gasteiger partial charge in [-0.1, -0.05) is 0 Å². The standard InChI is InChI=1S/C4H10ClNO4S2/c1-6(2)12(9,10)4-3-11(5,7)8/h3-4H2,1-2H3. The highest BCUT2D eigenvalue weighted by Crippen LogP contribution is 2.00. The first-order chi connectivity index (χ1) is 5.15. The molecule has 0 N–H and O–H groups in total. The molecule has 0 aliphatic heterocycles. The van der Waals surface area contributed by atoms with Gasteiger partial charge in [-0.05, 0) is 0 Å². The van der Waals surface area contributed by atoms with Gasteiger partial charge in [-0.3, -0.25) is 0 Å². The number of sulfonamides is 1. The van der Waals surface area contributed by atoms with Crippen LogP contribution in [0.15, 0.2) is 0 Å². The molecule has 0 amide bonds. The number of hydrogen-bond donors (Lipinski definition) is 0. The van der Waals surface area contributed by atoms with Crippen LogP contribution in [0.25, 0.3) is 0 Å². The van der Waals surface area contributed by atoms with Gasteiger partial charge in [0.25, 0.3) is 0 Å². The minimum Gasteiger partial charge on any atom is -0.212 e. The summed E-state index contributed by atoms with van der Waals surface area (Å²) in [6.45, 7) is 0. The lowest BCUT2D eigenvalue weighted by atomic mass is 11.0. The van der Waals surface area contributed by atoms with E-state index in [2.05, 4.69) is 0 Å². The lowest BCUT2D eigenvalue weighted by Crippen LogP contribution is -2.27. The van der Waals surface area contributed by atoms with E-state index in [9.17, 15) is 16.8 Å². The minimum absolute atomic E-state index is 0.480. The molecule has 8 heteroatoms. The third-order valence-electron chi connectivity index (χ3n) is 1.14. The van der Waals surface area contributed by atoms with Crippen LogP contribution in [0.4, 0.5) is 0 Å². The first-order valence-corrected chi connectivity index (χ1v) is 7.06. The van der Waals surface area contributed by atoms with Gasteiger partial charge >= 0.3 is 0 Å². The zero-order valence-corrected chi connectivity index (χ0v) is 9.08. The van der Waals surface area contributed by atoms with Crippen LogP contribution in [0, 0.1) is 0 Å². The Hall–Kier alpha value is 0.150. The Labute approximate surface area is 76.8 Å². The maximum absolute atomic E-state index is 11.0. The highest BCUT2D eigenvalue weighted by molar-refractivity contribution is 8.14. The summed E-state index contributed by atoms with van der Waals surface area (Å²) in [7, 11) is 0.306. The normalized spacial score (nSPS) is 13.7. The van der Waals surface area contributed by atoms with Crippen molar-refractivity contribution in [2.24, 2.45) is 0 Å². The molecule has 0 aliphatic carbocycles. The minimum atomic E-state index is -3.72. The predicted octanol–water partition coefficient (Wildman–Crippen LogP) is -0.554. The summed E-state index contributed by atoms with van der Waals surface area (Å²) in [4.78, 5) is 0. The summed E-state index contributed by atoms with van der Waals surface area (Å²) in [5.41, 5.74) is 0. The molecule has 0 saturated heterocycles. The number of nitrogens with zero attached hydrogens (tertiary/aromatic N) is 1. The molecule has 74 valence electrons. The number of hydrogen-bond acceptors (Lipinski definition) is 4. The average Bonchev–Trinajstić information content (AvgIpc) is 1.82. The first kappa shape index (κ1) is 12.2. The molecule has 0 aromatic heterocycles. The smallest absolute Gasteiger partial charge is 0.212 e. The Morgan fingerprint density at radius 1 is 1.08 bits per heavy atom. The van der Waals surface area contributed by atoms with Gasteiger partial charge in [0.05, 0.1) is 11.5 Å². The van der Waals surface area contributed by atoms with Crippen molar-refractivity contribution < 1.29 is 16.8 Å². The molecular formula is C4H10ClNO4S2. The molecule has 0 fully saturated rings. The van der Waals surface area contributed by atoms with E-state index in [1.165, 1.54) is 14.1 Å². The van der Waals surface area contributed by atoms with Gasteiger partial charge in [0.15, 0.2) is 0 Å². The van der Waals surface area contributed by atoms with E-state index in [1.807, 2.05) is 0 Å². The van der Waals surface area contributed by atoms with Crippen molar-refractivity contribution >= 4 is 29.8 Å². The van der Waals surface area contributed by atoms with Crippen LogP contribution in [0.1, 0.15) is 0 Å². The van der Waals surface area contributed by atoms with E-state index in [4.69, 9.17) is 10.7 Å². The van der Waals surface area contributed by atoms with Gasteiger partial charge in [-0.15, -0.1) is 0 Å². The van der Waals surface area contributed by atoms with E-state index in [1.54, 1.807) is 0 Å². The third kappa shape index (κ3) is 4.91. The second kappa shape index (κ2) is 3.91. The van der Waals surface area contributed by atoms with Crippen LogP contribution in [0.3, 0.4) is 0 Å². The maximum Gasteiger partial charge on any atom is 0.233 e. The van der Waals surface area contributed by atoms with Crippen molar-refractivity contribution in [3.05, 3.63) is 0 Å². The second-order valence-corrected chi connectivity index (χ2v) is 7.54. The monoisotopic (exact) mass is 235 g/mol. The van der Waals surface area contributed by atoms with Crippen molar-refractivity contribution in [3.63, 3.8) is 0 Å². The Bertz CT molecular complexity index is 330. The van der Waals surface area contributed by atoms with E-state index >= 15 is 0 Å². The predicted molar refractivity (Wildman–Crippen MR) is 47.1 cm³/mol. The number of halogens is 1. The molecule has 0 aliphatic rings. The number of rotatable bonds is 4. The van der Waals surface area contributed by atoms with Gasteiger partial charge in [0.2, 0.25) is 19.1 Å². The van der Waals surface area contributed by atoms with Crippen LogP contribution in [0.5, 0.6) is 0 Å². The highest BCUT2D eigenvalue weighted by Gasteiger charge is 2.17. The zero-order valence-electron chi connectivity index (χ0n) is 6.69. The molecule has 0 aromatic rings. The molecule has 0 unspecified atom stereocenters. The Balaban J connectivity index is 4.32. The summed E-state index contributed by atoms with van der Waals surface area (Å²) < 4.78 is 43.7. The van der Waals surface area contributed by atoms with Crippen molar-refractivity contribution in [1.29, 1.82) is 0 Å². The lowest BCUT2D eigenvalue weighted by molar-refractivity contribution is 0.521. The first-order valence-electron chi connectivity index (χ1n) is 2.98. The van der Waals surface area contributed by atoms with Crippen LogP contribution in [0.2, 0.25) is 0 Å². The van der Waals surface area contributed by atoms with Gasteiger partial charge < -0.3 is 0 Å². The average molecular weight is 236 g/mol. The van der Waals surface area contributed by atoms with Crippen molar-refractivity contribution in [2.45, 2.75) is 0 Å². The van der Waals surface area contributed by atoms with Gasteiger partial charge in [0, 0.05) is 24.8 Å². The molecule has 5 nitrogen and oxygen atoms in total. The van der Waals surface area contributed by atoms with Crippen molar-refractivity contribution in [2.75, 3.05) is 25.6 Å². The fourth-order valence-electron chi connectivity index (χ4n) is 0.387. The van der Waals surface area contributed by atoms with Crippen LogP contribution in [-0.4, -0.2) is 46.7 Å². The van der Waals surface area contributed by atoms with Crippen LogP contribution in [-0.2, 0) is 19.1 Å². The van der Waals surface area contributed by atoms with Crippen LogP contribution < -0.4 is 0 Å². The molecular weight excluding hydrogens is 226 g/mol. The fraction of sp³-hybridized carbons (Fsp3) is 1.00. The van der Waals surface area contributed by atoms with E-state index < -0.39 is 30.6 Å². The fourth-order valence-corrected chi connectivity index (χ4v) is 2.96. The summed E-state index contributed by atoms with van der Waals surface area (Å²) >= 11 is 0. The largest absolute Gasteiger partial charge is 0.233 e. The topological polar surface area (TPSA) is 71.5 Å². The van der Waals surface area contributed by atoms with Crippen molar-refractivity contribution in [3.8, 4) is 0 Å². The lowest BCUT2D eigenvalue weighted by Gasteiger charge is -2.09. The van der Waals surface area contributed by atoms with E-state index in [-0.39, 0.29) is 0 Å². The molecule has 0 atom stereocenters. The molecule has 12 heavy (non-hydrogen) atoms. The Morgan fingerprint density at radius 3 is 1.75 bits per heavy atom. The van der Waals surface area contributed by atoms with Gasteiger partial charge in [-0.2, -0.15) is 0 Å². The Kier molecular flexibility index (Phi) is 3.95. The van der Waals surface area contributed by atoms with E-state index in [0.29, 0.717) is 0 Å². The molecule has 0 bridgehead atoms. The van der Waals surface area contributed by atoms with Gasteiger partial charge in [-0.25, -0.2) is 21.1 Å². The summed E-state index contributed by atoms with van der Waals surface area (Å²) in [5.74, 6) is -1.04. The quantitative estimate of drug-likeness (QED) is 0.613. The summed E-state index contributed by atoms with van der Waals surface area (Å²) in [6, 6.07) is 0.